The van der Waals surface area contributed by atoms with Gasteiger partial charge in [0, 0.05) is 10.5 Å². The van der Waals surface area contributed by atoms with Crippen molar-refractivity contribution in [1.29, 1.82) is 0 Å². The van der Waals surface area contributed by atoms with Crippen LogP contribution in [0.5, 0.6) is 0 Å². The third kappa shape index (κ3) is 2.93. The number of halogens is 1. The van der Waals surface area contributed by atoms with Crippen LogP contribution in [-0.2, 0) is 0 Å². The summed E-state index contributed by atoms with van der Waals surface area (Å²) >= 11 is 3.54. The summed E-state index contributed by atoms with van der Waals surface area (Å²) in [7, 11) is 0. The predicted octanol–water partition coefficient (Wildman–Crippen LogP) is 4.64. The molecule has 1 aromatic heterocycles. The molecular formula is C16H18BrNO. The van der Waals surface area contributed by atoms with E-state index in [0.717, 1.165) is 5.76 Å². The van der Waals surface area contributed by atoms with Crippen molar-refractivity contribution in [2.45, 2.75) is 37.8 Å². The van der Waals surface area contributed by atoms with Crippen LogP contribution in [0.25, 0.3) is 0 Å². The molecule has 1 fully saturated rings. The highest BCUT2D eigenvalue weighted by Gasteiger charge is 2.31. The first-order valence-corrected chi connectivity index (χ1v) is 7.56. The minimum atomic E-state index is 0.295. The molecule has 0 radical (unpaired) electrons. The summed E-state index contributed by atoms with van der Waals surface area (Å²) < 4.78 is 6.59. The van der Waals surface area contributed by atoms with Crippen LogP contribution in [0.4, 0.5) is 0 Å². The average molecular weight is 320 g/mol. The van der Waals surface area contributed by atoms with Crippen LogP contribution in [-0.4, -0.2) is 6.04 Å². The molecular weight excluding hydrogens is 302 g/mol. The summed E-state index contributed by atoms with van der Waals surface area (Å²) in [6.45, 7) is 2.16. The normalized spacial score (nSPS) is 23.9. The van der Waals surface area contributed by atoms with E-state index < -0.39 is 0 Å². The molecule has 2 aromatic rings. The van der Waals surface area contributed by atoms with Gasteiger partial charge in [-0.1, -0.05) is 28.1 Å². The zero-order valence-corrected chi connectivity index (χ0v) is 12.6. The summed E-state index contributed by atoms with van der Waals surface area (Å²) in [5.74, 6) is 1.71. The number of nitrogens with one attached hydrogen (secondary N) is 1. The smallest absolute Gasteiger partial charge is 0.120 e. The van der Waals surface area contributed by atoms with Crippen molar-refractivity contribution < 1.29 is 4.42 Å². The molecule has 3 heteroatoms. The number of rotatable bonds is 4. The quantitative estimate of drug-likeness (QED) is 0.888. The molecule has 1 heterocycles. The number of hydrogen-bond acceptors (Lipinski definition) is 2. The number of furan rings is 1. The van der Waals surface area contributed by atoms with Crippen LogP contribution in [0, 0.1) is 0 Å². The van der Waals surface area contributed by atoms with Crippen molar-refractivity contribution in [3.8, 4) is 0 Å². The van der Waals surface area contributed by atoms with E-state index >= 15 is 0 Å². The molecule has 3 rings (SSSR count). The Bertz CT molecular complexity index is 531. The van der Waals surface area contributed by atoms with Crippen LogP contribution in [0.1, 0.15) is 43.0 Å². The van der Waals surface area contributed by atoms with Crippen LogP contribution in [0.2, 0.25) is 0 Å². The van der Waals surface area contributed by atoms with Crippen molar-refractivity contribution in [1.82, 2.24) is 5.32 Å². The Kier molecular flexibility index (Phi) is 3.76. The maximum absolute atomic E-state index is 5.42. The molecule has 0 spiro atoms. The van der Waals surface area contributed by atoms with E-state index in [1.165, 1.54) is 22.9 Å². The first kappa shape index (κ1) is 12.9. The molecule has 0 bridgehead atoms. The van der Waals surface area contributed by atoms with Gasteiger partial charge in [-0.05, 0) is 55.5 Å². The fraction of sp³-hybridized carbons (Fsp3) is 0.375. The van der Waals surface area contributed by atoms with Gasteiger partial charge in [-0.15, -0.1) is 0 Å². The Morgan fingerprint density at radius 1 is 1.26 bits per heavy atom. The summed E-state index contributed by atoms with van der Waals surface area (Å²) in [6, 6.07) is 13.5. The SMILES string of the molecule is C[C@@H](NC1CC(c2cccc(Br)c2)C1)c1ccco1. The molecule has 0 amide bonds. The first-order chi connectivity index (χ1) is 9.22. The molecule has 1 aliphatic carbocycles. The van der Waals surface area contributed by atoms with Crippen molar-refractivity contribution in [3.63, 3.8) is 0 Å². The Hall–Kier alpha value is -1.06. The second kappa shape index (κ2) is 5.51. The molecule has 1 aromatic carbocycles. The average Bonchev–Trinajstić information content (AvgIpc) is 2.86. The lowest BCUT2D eigenvalue weighted by Crippen LogP contribution is -2.41. The number of benzene rings is 1. The fourth-order valence-corrected chi connectivity index (χ4v) is 3.18. The predicted molar refractivity (Wildman–Crippen MR) is 80.2 cm³/mol. The fourth-order valence-electron chi connectivity index (χ4n) is 2.76. The van der Waals surface area contributed by atoms with Gasteiger partial charge in [-0.3, -0.25) is 0 Å². The van der Waals surface area contributed by atoms with Gasteiger partial charge in [0.1, 0.15) is 5.76 Å². The van der Waals surface area contributed by atoms with Crippen molar-refractivity contribution in [3.05, 3.63) is 58.5 Å². The third-order valence-electron chi connectivity index (χ3n) is 3.91. The molecule has 0 aliphatic heterocycles. The minimum Gasteiger partial charge on any atom is -0.468 e. The molecule has 1 atom stereocenters. The monoisotopic (exact) mass is 319 g/mol. The molecule has 0 saturated heterocycles. The Balaban J connectivity index is 1.53. The summed E-state index contributed by atoms with van der Waals surface area (Å²) in [5.41, 5.74) is 1.44. The highest BCUT2D eigenvalue weighted by molar-refractivity contribution is 9.10. The Morgan fingerprint density at radius 3 is 2.79 bits per heavy atom. The van der Waals surface area contributed by atoms with Crippen molar-refractivity contribution in [2.75, 3.05) is 0 Å². The highest BCUT2D eigenvalue weighted by Crippen LogP contribution is 2.38. The van der Waals surface area contributed by atoms with Gasteiger partial charge in [-0.2, -0.15) is 0 Å². The lowest BCUT2D eigenvalue weighted by atomic mass is 9.75. The zero-order chi connectivity index (χ0) is 13.2. The number of hydrogen-bond donors (Lipinski definition) is 1. The van der Waals surface area contributed by atoms with Crippen LogP contribution in [0.15, 0.2) is 51.6 Å². The van der Waals surface area contributed by atoms with E-state index in [4.69, 9.17) is 4.42 Å². The third-order valence-corrected chi connectivity index (χ3v) is 4.41. The van der Waals surface area contributed by atoms with E-state index in [2.05, 4.69) is 52.4 Å². The maximum Gasteiger partial charge on any atom is 0.120 e. The van der Waals surface area contributed by atoms with Crippen LogP contribution < -0.4 is 5.32 Å². The minimum absolute atomic E-state index is 0.295. The lowest BCUT2D eigenvalue weighted by Gasteiger charge is -2.38. The van der Waals surface area contributed by atoms with Gasteiger partial charge in [0.2, 0.25) is 0 Å². The van der Waals surface area contributed by atoms with E-state index in [0.29, 0.717) is 18.0 Å². The molecule has 0 unspecified atom stereocenters. The lowest BCUT2D eigenvalue weighted by molar-refractivity contribution is 0.258. The first-order valence-electron chi connectivity index (χ1n) is 6.77. The Labute approximate surface area is 122 Å². The van der Waals surface area contributed by atoms with Gasteiger partial charge in [0.25, 0.3) is 0 Å². The molecule has 2 nitrogen and oxygen atoms in total. The van der Waals surface area contributed by atoms with Gasteiger partial charge in [0.15, 0.2) is 0 Å². The topological polar surface area (TPSA) is 25.2 Å². The van der Waals surface area contributed by atoms with Gasteiger partial charge in [-0.25, -0.2) is 0 Å². The summed E-state index contributed by atoms with van der Waals surface area (Å²) in [6.07, 6.45) is 4.15. The van der Waals surface area contributed by atoms with E-state index in [-0.39, 0.29) is 0 Å². The molecule has 1 saturated carbocycles. The summed E-state index contributed by atoms with van der Waals surface area (Å²) in [4.78, 5) is 0. The zero-order valence-electron chi connectivity index (χ0n) is 11.0. The van der Waals surface area contributed by atoms with Crippen LogP contribution in [0.3, 0.4) is 0 Å². The van der Waals surface area contributed by atoms with E-state index in [9.17, 15) is 0 Å². The molecule has 19 heavy (non-hydrogen) atoms. The Morgan fingerprint density at radius 2 is 2.11 bits per heavy atom. The molecule has 100 valence electrons. The second-order valence-corrected chi connectivity index (χ2v) is 6.24. The molecule has 1 aliphatic rings. The van der Waals surface area contributed by atoms with Gasteiger partial charge >= 0.3 is 0 Å². The van der Waals surface area contributed by atoms with Crippen molar-refractivity contribution in [2.24, 2.45) is 0 Å². The van der Waals surface area contributed by atoms with Crippen LogP contribution >= 0.6 is 15.9 Å². The van der Waals surface area contributed by atoms with E-state index in [1.54, 1.807) is 6.26 Å². The second-order valence-electron chi connectivity index (χ2n) is 5.32. The standard InChI is InChI=1S/C16H18BrNO/c1-11(16-6-3-7-19-16)18-15-9-13(10-15)12-4-2-5-14(17)8-12/h2-8,11,13,15,18H,9-10H2,1H3/t11-,13?,15?/m1/s1. The summed E-state index contributed by atoms with van der Waals surface area (Å²) in [5, 5.41) is 3.63. The van der Waals surface area contributed by atoms with Gasteiger partial charge < -0.3 is 9.73 Å². The largest absolute Gasteiger partial charge is 0.468 e. The maximum atomic E-state index is 5.42. The highest BCUT2D eigenvalue weighted by atomic mass is 79.9. The van der Waals surface area contributed by atoms with Gasteiger partial charge in [0.05, 0.1) is 12.3 Å². The van der Waals surface area contributed by atoms with Crippen molar-refractivity contribution >= 4 is 15.9 Å². The van der Waals surface area contributed by atoms with E-state index in [1.807, 2.05) is 12.1 Å². The molecule has 1 N–H and O–H groups in total.